The Morgan fingerprint density at radius 2 is 1.43 bits per heavy atom. The van der Waals surface area contributed by atoms with E-state index in [4.69, 9.17) is 4.74 Å². The van der Waals surface area contributed by atoms with Gasteiger partial charge in [0.25, 0.3) is 0 Å². The standard InChI is InChI=1S/C26H47NO/c1-3-5-7-8-9-11-23-12-14-25(15-13-23)28-21-24-16-19-26(22-27,20-17-24)18-10-6-4-2/h23-25H,3-21H2,1-2H3/t23-,24-,25-,26-. The molecule has 2 fully saturated rings. The zero-order valence-electron chi connectivity index (χ0n) is 19.0. The van der Waals surface area contributed by atoms with Crippen LogP contribution in [0.25, 0.3) is 0 Å². The summed E-state index contributed by atoms with van der Waals surface area (Å²) in [7, 11) is 0. The molecule has 0 saturated heterocycles. The monoisotopic (exact) mass is 389 g/mol. The lowest BCUT2D eigenvalue weighted by atomic mass is 9.69. The van der Waals surface area contributed by atoms with Gasteiger partial charge in [-0.05, 0) is 69.6 Å². The maximum Gasteiger partial charge on any atom is 0.0689 e. The molecule has 2 rings (SSSR count). The molecule has 2 aliphatic carbocycles. The highest BCUT2D eigenvalue weighted by molar-refractivity contribution is 5.01. The van der Waals surface area contributed by atoms with Crippen molar-refractivity contribution in [2.45, 2.75) is 136 Å². The summed E-state index contributed by atoms with van der Waals surface area (Å²) in [5, 5.41) is 9.71. The van der Waals surface area contributed by atoms with E-state index >= 15 is 0 Å². The molecule has 2 aliphatic rings. The summed E-state index contributed by atoms with van der Waals surface area (Å²) < 4.78 is 6.35. The van der Waals surface area contributed by atoms with Crippen molar-refractivity contribution in [3.05, 3.63) is 0 Å². The van der Waals surface area contributed by atoms with Gasteiger partial charge in [-0.15, -0.1) is 0 Å². The van der Waals surface area contributed by atoms with Gasteiger partial charge < -0.3 is 4.74 Å². The molecule has 0 heterocycles. The number of hydrogen-bond donors (Lipinski definition) is 0. The Hall–Kier alpha value is -0.550. The lowest BCUT2D eigenvalue weighted by Gasteiger charge is -2.36. The fourth-order valence-electron chi connectivity index (χ4n) is 5.42. The van der Waals surface area contributed by atoms with Crippen molar-refractivity contribution in [2.75, 3.05) is 6.61 Å². The highest BCUT2D eigenvalue weighted by Gasteiger charge is 2.35. The summed E-state index contributed by atoms with van der Waals surface area (Å²) in [6.07, 6.45) is 23.9. The summed E-state index contributed by atoms with van der Waals surface area (Å²) in [6.45, 7) is 5.49. The van der Waals surface area contributed by atoms with E-state index in [0.717, 1.165) is 31.8 Å². The Kier molecular flexibility index (Phi) is 11.6. The summed E-state index contributed by atoms with van der Waals surface area (Å²) >= 11 is 0. The highest BCUT2D eigenvalue weighted by atomic mass is 16.5. The van der Waals surface area contributed by atoms with Crippen LogP contribution < -0.4 is 0 Å². The molecule has 2 heteroatoms. The Morgan fingerprint density at radius 1 is 0.786 bits per heavy atom. The van der Waals surface area contributed by atoms with E-state index in [1.807, 2.05) is 0 Å². The van der Waals surface area contributed by atoms with Crippen LogP contribution in [0.2, 0.25) is 0 Å². The molecule has 0 unspecified atom stereocenters. The van der Waals surface area contributed by atoms with Crippen LogP contribution in [0.4, 0.5) is 0 Å². The third kappa shape index (κ3) is 8.44. The lowest BCUT2D eigenvalue weighted by Crippen LogP contribution is -2.30. The number of nitrogens with zero attached hydrogens (tertiary/aromatic N) is 1. The SMILES string of the molecule is CCCCCCC[C@H]1CC[C@H](OC[C@H]2CC[C@@](C#N)(CCCCC)CC2)CC1. The van der Waals surface area contributed by atoms with Gasteiger partial charge >= 0.3 is 0 Å². The first kappa shape index (κ1) is 23.7. The molecule has 28 heavy (non-hydrogen) atoms. The molecule has 0 spiro atoms. The van der Waals surface area contributed by atoms with Crippen LogP contribution in [0.5, 0.6) is 0 Å². The normalized spacial score (nSPS) is 30.8. The zero-order chi connectivity index (χ0) is 20.1. The second-order valence-electron chi connectivity index (χ2n) is 9.97. The molecule has 0 N–H and O–H groups in total. The summed E-state index contributed by atoms with van der Waals surface area (Å²) in [5.41, 5.74) is -0.0130. The molecule has 0 aliphatic heterocycles. The summed E-state index contributed by atoms with van der Waals surface area (Å²) in [4.78, 5) is 0. The number of rotatable bonds is 13. The van der Waals surface area contributed by atoms with Crippen LogP contribution in [0.1, 0.15) is 129 Å². The van der Waals surface area contributed by atoms with Gasteiger partial charge in [-0.1, -0.05) is 71.6 Å². The minimum Gasteiger partial charge on any atom is -0.378 e. The van der Waals surface area contributed by atoms with Crippen LogP contribution in [0.15, 0.2) is 0 Å². The van der Waals surface area contributed by atoms with Crippen LogP contribution in [0.3, 0.4) is 0 Å². The molecule has 0 amide bonds. The first-order chi connectivity index (χ1) is 13.7. The van der Waals surface area contributed by atoms with Gasteiger partial charge in [0, 0.05) is 6.61 Å². The topological polar surface area (TPSA) is 33.0 Å². The fourth-order valence-corrected chi connectivity index (χ4v) is 5.42. The minimum atomic E-state index is -0.0130. The smallest absolute Gasteiger partial charge is 0.0689 e. The first-order valence-electron chi connectivity index (χ1n) is 12.7. The molecule has 2 nitrogen and oxygen atoms in total. The molecule has 0 aromatic heterocycles. The molecule has 0 radical (unpaired) electrons. The Morgan fingerprint density at radius 3 is 2.07 bits per heavy atom. The number of unbranched alkanes of at least 4 members (excludes halogenated alkanes) is 6. The molecule has 0 aromatic carbocycles. The second kappa shape index (κ2) is 13.6. The van der Waals surface area contributed by atoms with Gasteiger partial charge in [0.1, 0.15) is 0 Å². The van der Waals surface area contributed by atoms with E-state index in [1.165, 1.54) is 96.3 Å². The average molecular weight is 390 g/mol. The molecule has 2 saturated carbocycles. The van der Waals surface area contributed by atoms with E-state index in [1.54, 1.807) is 0 Å². The van der Waals surface area contributed by atoms with E-state index in [0.29, 0.717) is 12.0 Å². The van der Waals surface area contributed by atoms with Crippen molar-refractivity contribution in [1.82, 2.24) is 0 Å². The van der Waals surface area contributed by atoms with Gasteiger partial charge in [-0.25, -0.2) is 0 Å². The van der Waals surface area contributed by atoms with Crippen LogP contribution >= 0.6 is 0 Å². The largest absolute Gasteiger partial charge is 0.378 e. The lowest BCUT2D eigenvalue weighted by molar-refractivity contribution is -0.0135. The van der Waals surface area contributed by atoms with Gasteiger partial charge in [-0.2, -0.15) is 5.26 Å². The molecule has 0 atom stereocenters. The first-order valence-corrected chi connectivity index (χ1v) is 12.7. The predicted octanol–water partition coefficient (Wildman–Crippen LogP) is 8.20. The molecule has 162 valence electrons. The van der Waals surface area contributed by atoms with E-state index in [9.17, 15) is 5.26 Å². The van der Waals surface area contributed by atoms with E-state index < -0.39 is 0 Å². The van der Waals surface area contributed by atoms with Gasteiger partial charge in [0.15, 0.2) is 0 Å². The van der Waals surface area contributed by atoms with Crippen molar-refractivity contribution in [3.63, 3.8) is 0 Å². The predicted molar refractivity (Wildman–Crippen MR) is 119 cm³/mol. The van der Waals surface area contributed by atoms with Crippen molar-refractivity contribution >= 4 is 0 Å². The van der Waals surface area contributed by atoms with E-state index in [-0.39, 0.29) is 5.41 Å². The number of hydrogen-bond acceptors (Lipinski definition) is 2. The van der Waals surface area contributed by atoms with Crippen LogP contribution in [0, 0.1) is 28.6 Å². The molecular formula is C26H47NO. The Balaban J connectivity index is 1.55. The minimum absolute atomic E-state index is 0.0130. The molecular weight excluding hydrogens is 342 g/mol. The second-order valence-corrected chi connectivity index (χ2v) is 9.97. The quantitative estimate of drug-likeness (QED) is 0.297. The van der Waals surface area contributed by atoms with Crippen molar-refractivity contribution < 1.29 is 4.74 Å². The summed E-state index contributed by atoms with van der Waals surface area (Å²) in [6, 6.07) is 2.69. The zero-order valence-corrected chi connectivity index (χ0v) is 19.0. The Labute approximate surface area is 175 Å². The van der Waals surface area contributed by atoms with Crippen LogP contribution in [-0.2, 0) is 4.74 Å². The third-order valence-electron chi connectivity index (χ3n) is 7.64. The Bertz CT molecular complexity index is 424. The van der Waals surface area contributed by atoms with Crippen molar-refractivity contribution in [2.24, 2.45) is 17.3 Å². The highest BCUT2D eigenvalue weighted by Crippen LogP contribution is 2.42. The summed E-state index contributed by atoms with van der Waals surface area (Å²) in [5.74, 6) is 1.67. The van der Waals surface area contributed by atoms with Gasteiger partial charge in [0.2, 0.25) is 0 Å². The van der Waals surface area contributed by atoms with Crippen LogP contribution in [-0.4, -0.2) is 12.7 Å². The van der Waals surface area contributed by atoms with Crippen molar-refractivity contribution in [1.29, 1.82) is 5.26 Å². The number of nitriles is 1. The maximum absolute atomic E-state index is 9.71. The van der Waals surface area contributed by atoms with Gasteiger partial charge in [-0.3, -0.25) is 0 Å². The van der Waals surface area contributed by atoms with Crippen molar-refractivity contribution in [3.8, 4) is 6.07 Å². The number of ether oxygens (including phenoxy) is 1. The average Bonchev–Trinajstić information content (AvgIpc) is 2.74. The molecule has 0 aromatic rings. The molecule has 0 bridgehead atoms. The maximum atomic E-state index is 9.71. The van der Waals surface area contributed by atoms with E-state index in [2.05, 4.69) is 19.9 Å². The van der Waals surface area contributed by atoms with Gasteiger partial charge in [0.05, 0.1) is 17.6 Å². The fraction of sp³-hybridized carbons (Fsp3) is 0.962. The third-order valence-corrected chi connectivity index (χ3v) is 7.64.